The van der Waals surface area contributed by atoms with E-state index in [1.807, 2.05) is 0 Å². The lowest BCUT2D eigenvalue weighted by Crippen LogP contribution is -2.41. The predicted molar refractivity (Wildman–Crippen MR) is 73.7 cm³/mol. The third-order valence-corrected chi connectivity index (χ3v) is 3.54. The molecule has 0 radical (unpaired) electrons. The number of alkyl halides is 6. The SMILES string of the molecule is Oc1ccc(C(c2ccc(O)cc2)C(C(F)(F)F)C(F)(F)F)cc1. The predicted octanol–water partition coefficient (Wildman–Crippen LogP) is 4.97. The van der Waals surface area contributed by atoms with Gasteiger partial charge in [0, 0.05) is 5.92 Å². The fraction of sp³-hybridized carbons (Fsp3) is 0.250. The summed E-state index contributed by atoms with van der Waals surface area (Å²) in [6, 6.07) is 8.13. The number of rotatable bonds is 3. The van der Waals surface area contributed by atoms with Crippen molar-refractivity contribution in [2.24, 2.45) is 5.92 Å². The second-order valence-corrected chi connectivity index (χ2v) is 5.22. The smallest absolute Gasteiger partial charge is 0.401 e. The summed E-state index contributed by atoms with van der Waals surface area (Å²) in [5.41, 5.74) is -0.503. The van der Waals surface area contributed by atoms with Crippen molar-refractivity contribution >= 4 is 0 Å². The van der Waals surface area contributed by atoms with Gasteiger partial charge in [-0.05, 0) is 35.4 Å². The molecule has 2 aromatic rings. The second-order valence-electron chi connectivity index (χ2n) is 5.22. The first kappa shape index (κ1) is 18.0. The van der Waals surface area contributed by atoms with Crippen LogP contribution in [0.2, 0.25) is 0 Å². The average Bonchev–Trinajstić information content (AvgIpc) is 2.44. The Labute approximate surface area is 133 Å². The van der Waals surface area contributed by atoms with Crippen LogP contribution in [0.25, 0.3) is 0 Å². The number of hydrogen-bond donors (Lipinski definition) is 2. The Bertz CT molecular complexity index is 614. The molecule has 0 aliphatic heterocycles. The summed E-state index contributed by atoms with van der Waals surface area (Å²) in [6.07, 6.45) is -11.1. The molecular weight excluding hydrogens is 338 g/mol. The third kappa shape index (κ3) is 3.93. The highest BCUT2D eigenvalue weighted by molar-refractivity contribution is 5.39. The lowest BCUT2D eigenvalue weighted by Gasteiger charge is -2.31. The topological polar surface area (TPSA) is 40.5 Å². The average molecular weight is 350 g/mol. The minimum atomic E-state index is -5.53. The highest BCUT2D eigenvalue weighted by Gasteiger charge is 2.60. The standard InChI is InChI=1S/C16H12F6O2/c17-15(18,19)14(16(20,21)22)13(9-1-5-11(23)6-2-9)10-3-7-12(24)8-4-10/h1-8,13-14,23-24H. The zero-order chi connectivity index (χ0) is 18.1. The molecule has 0 heterocycles. The Kier molecular flexibility index (Phi) is 4.68. The van der Waals surface area contributed by atoms with Crippen molar-refractivity contribution in [2.45, 2.75) is 18.3 Å². The van der Waals surface area contributed by atoms with Crippen LogP contribution in [0, 0.1) is 5.92 Å². The van der Waals surface area contributed by atoms with Crippen molar-refractivity contribution in [3.63, 3.8) is 0 Å². The second kappa shape index (κ2) is 6.26. The van der Waals surface area contributed by atoms with Crippen LogP contribution in [-0.2, 0) is 0 Å². The van der Waals surface area contributed by atoms with Gasteiger partial charge >= 0.3 is 12.4 Å². The van der Waals surface area contributed by atoms with E-state index in [2.05, 4.69) is 0 Å². The van der Waals surface area contributed by atoms with E-state index in [1.54, 1.807) is 0 Å². The van der Waals surface area contributed by atoms with Crippen LogP contribution in [-0.4, -0.2) is 22.6 Å². The van der Waals surface area contributed by atoms with Crippen LogP contribution >= 0.6 is 0 Å². The molecule has 0 aromatic heterocycles. The first-order valence-corrected chi connectivity index (χ1v) is 6.71. The molecule has 2 N–H and O–H groups in total. The molecular formula is C16H12F6O2. The summed E-state index contributed by atoms with van der Waals surface area (Å²) in [7, 11) is 0. The lowest BCUT2D eigenvalue weighted by molar-refractivity contribution is -0.287. The molecule has 2 aromatic carbocycles. The molecule has 0 bridgehead atoms. The van der Waals surface area contributed by atoms with E-state index in [1.165, 1.54) is 0 Å². The van der Waals surface area contributed by atoms with Crippen LogP contribution in [0.1, 0.15) is 17.0 Å². The van der Waals surface area contributed by atoms with E-state index in [4.69, 9.17) is 0 Å². The minimum absolute atomic E-state index is 0.252. The monoisotopic (exact) mass is 350 g/mol. The van der Waals surface area contributed by atoms with Crippen molar-refractivity contribution in [3.8, 4) is 11.5 Å². The van der Waals surface area contributed by atoms with Gasteiger partial charge in [0.2, 0.25) is 0 Å². The van der Waals surface area contributed by atoms with Crippen LogP contribution < -0.4 is 0 Å². The molecule has 0 fully saturated rings. The summed E-state index contributed by atoms with van der Waals surface area (Å²) in [4.78, 5) is 0. The summed E-state index contributed by atoms with van der Waals surface area (Å²) >= 11 is 0. The molecule has 24 heavy (non-hydrogen) atoms. The van der Waals surface area contributed by atoms with E-state index in [9.17, 15) is 36.6 Å². The van der Waals surface area contributed by atoms with Gasteiger partial charge in [-0.25, -0.2) is 0 Å². The minimum Gasteiger partial charge on any atom is -0.508 e. The van der Waals surface area contributed by atoms with Gasteiger partial charge in [-0.1, -0.05) is 24.3 Å². The molecule has 2 nitrogen and oxygen atoms in total. The van der Waals surface area contributed by atoms with Gasteiger partial charge < -0.3 is 10.2 Å². The van der Waals surface area contributed by atoms with Crippen molar-refractivity contribution < 1.29 is 36.6 Å². The summed E-state index contributed by atoms with van der Waals surface area (Å²) < 4.78 is 79.1. The third-order valence-electron chi connectivity index (χ3n) is 3.54. The molecule has 0 amide bonds. The first-order chi connectivity index (χ1) is 11.0. The number of aromatic hydroxyl groups is 2. The maximum absolute atomic E-state index is 13.2. The van der Waals surface area contributed by atoms with E-state index >= 15 is 0 Å². The van der Waals surface area contributed by atoms with Gasteiger partial charge in [-0.2, -0.15) is 26.3 Å². The number of phenolic OH excluding ortho intramolecular Hbond substituents is 2. The molecule has 0 saturated carbocycles. The molecule has 0 saturated heterocycles. The number of halogens is 6. The molecule has 0 unspecified atom stereocenters. The van der Waals surface area contributed by atoms with Crippen molar-refractivity contribution in [1.82, 2.24) is 0 Å². The Morgan fingerprint density at radius 2 is 0.875 bits per heavy atom. The molecule has 0 atom stereocenters. The largest absolute Gasteiger partial charge is 0.508 e. The van der Waals surface area contributed by atoms with E-state index in [-0.39, 0.29) is 22.6 Å². The highest BCUT2D eigenvalue weighted by Crippen LogP contribution is 2.50. The molecule has 8 heteroatoms. The zero-order valence-corrected chi connectivity index (χ0v) is 11.9. The first-order valence-electron chi connectivity index (χ1n) is 6.71. The van der Waals surface area contributed by atoms with Gasteiger partial charge in [0.1, 0.15) is 11.5 Å². The van der Waals surface area contributed by atoms with Crippen molar-refractivity contribution in [1.29, 1.82) is 0 Å². The summed E-state index contributed by atoms with van der Waals surface area (Å²) in [5.74, 6) is -6.25. The molecule has 2 rings (SSSR count). The molecule has 130 valence electrons. The van der Waals surface area contributed by atoms with Crippen LogP contribution in [0.15, 0.2) is 48.5 Å². The normalized spacial score (nSPS) is 12.8. The lowest BCUT2D eigenvalue weighted by atomic mass is 9.79. The maximum Gasteiger partial charge on any atom is 0.401 e. The Morgan fingerprint density at radius 1 is 0.583 bits per heavy atom. The Hall–Kier alpha value is -2.38. The zero-order valence-electron chi connectivity index (χ0n) is 11.9. The quantitative estimate of drug-likeness (QED) is 0.768. The van der Waals surface area contributed by atoms with Gasteiger partial charge in [0.15, 0.2) is 5.92 Å². The van der Waals surface area contributed by atoms with E-state index in [0.717, 1.165) is 48.5 Å². The van der Waals surface area contributed by atoms with Gasteiger partial charge in [-0.3, -0.25) is 0 Å². The van der Waals surface area contributed by atoms with Gasteiger partial charge in [0.05, 0.1) is 0 Å². The van der Waals surface area contributed by atoms with Crippen LogP contribution in [0.3, 0.4) is 0 Å². The molecule has 0 spiro atoms. The van der Waals surface area contributed by atoms with Gasteiger partial charge in [-0.15, -0.1) is 0 Å². The van der Waals surface area contributed by atoms with Crippen molar-refractivity contribution in [2.75, 3.05) is 0 Å². The Balaban J connectivity index is 2.65. The Morgan fingerprint density at radius 3 is 1.12 bits per heavy atom. The van der Waals surface area contributed by atoms with E-state index in [0.29, 0.717) is 0 Å². The maximum atomic E-state index is 13.2. The number of benzene rings is 2. The number of phenols is 2. The highest BCUT2D eigenvalue weighted by atomic mass is 19.4. The van der Waals surface area contributed by atoms with Crippen LogP contribution in [0.4, 0.5) is 26.3 Å². The fourth-order valence-corrected chi connectivity index (χ4v) is 2.50. The summed E-state index contributed by atoms with van der Waals surface area (Å²) in [6.45, 7) is 0. The summed E-state index contributed by atoms with van der Waals surface area (Å²) in [5, 5.41) is 18.5. The van der Waals surface area contributed by atoms with E-state index < -0.39 is 24.2 Å². The van der Waals surface area contributed by atoms with Gasteiger partial charge in [0.25, 0.3) is 0 Å². The fourth-order valence-electron chi connectivity index (χ4n) is 2.50. The number of hydrogen-bond acceptors (Lipinski definition) is 2. The van der Waals surface area contributed by atoms with Crippen molar-refractivity contribution in [3.05, 3.63) is 59.7 Å². The van der Waals surface area contributed by atoms with Crippen LogP contribution in [0.5, 0.6) is 11.5 Å². The molecule has 0 aliphatic carbocycles. The molecule has 0 aliphatic rings.